The number of rotatable bonds is 6. The van der Waals surface area contributed by atoms with E-state index in [1.165, 1.54) is 17.4 Å². The molecule has 1 saturated heterocycles. The Morgan fingerprint density at radius 2 is 1.80 bits per heavy atom. The second kappa shape index (κ2) is 9.60. The first kappa shape index (κ1) is 20.8. The maximum atomic E-state index is 13.9. The number of benzene rings is 2. The molecule has 1 aromatic heterocycles. The van der Waals surface area contributed by atoms with E-state index in [4.69, 9.17) is 16.3 Å². The van der Waals surface area contributed by atoms with Crippen LogP contribution in [-0.2, 0) is 13.2 Å². The third-order valence-corrected chi connectivity index (χ3v) is 6.39. The van der Waals surface area contributed by atoms with Gasteiger partial charge in [-0.2, -0.15) is 0 Å². The normalized spacial score (nSPS) is 14.7. The molecule has 7 heteroatoms. The van der Waals surface area contributed by atoms with Crippen molar-refractivity contribution in [2.75, 3.05) is 26.2 Å². The van der Waals surface area contributed by atoms with Crippen LogP contribution < -0.4 is 4.74 Å². The summed E-state index contributed by atoms with van der Waals surface area (Å²) in [6.45, 7) is 3.66. The Hall–Kier alpha value is -2.41. The summed E-state index contributed by atoms with van der Waals surface area (Å²) in [6.07, 6.45) is 0. The van der Waals surface area contributed by atoms with E-state index < -0.39 is 0 Å². The Bertz CT molecular complexity index is 1020. The highest BCUT2D eigenvalue weighted by Crippen LogP contribution is 2.25. The number of amides is 1. The maximum Gasteiger partial charge on any atom is 0.264 e. The molecule has 0 N–H and O–H groups in total. The number of ether oxygens (including phenoxy) is 1. The maximum absolute atomic E-state index is 13.9. The predicted octanol–water partition coefficient (Wildman–Crippen LogP) is 5.08. The first-order valence-corrected chi connectivity index (χ1v) is 11.1. The highest BCUT2D eigenvalue weighted by atomic mass is 35.5. The molecule has 2 aromatic carbocycles. The van der Waals surface area contributed by atoms with E-state index in [0.29, 0.717) is 47.5 Å². The lowest BCUT2D eigenvalue weighted by Gasteiger charge is -2.34. The van der Waals surface area contributed by atoms with E-state index in [1.54, 1.807) is 12.1 Å². The van der Waals surface area contributed by atoms with Gasteiger partial charge in [0.25, 0.3) is 5.91 Å². The Kier molecular flexibility index (Phi) is 6.67. The number of hydrogen-bond donors (Lipinski definition) is 0. The van der Waals surface area contributed by atoms with Gasteiger partial charge in [-0.1, -0.05) is 41.9 Å². The standard InChI is InChI=1S/C23H22ClFN2O2S/c24-19-6-2-4-8-21(19)29-15-17-13-22(30-16-17)23(28)27-11-9-26(10-12-27)14-18-5-1-3-7-20(18)25/h1-8,13,16H,9-12,14-15H2. The lowest BCUT2D eigenvalue weighted by molar-refractivity contribution is 0.0631. The van der Waals surface area contributed by atoms with E-state index in [2.05, 4.69) is 4.90 Å². The Morgan fingerprint density at radius 3 is 2.57 bits per heavy atom. The lowest BCUT2D eigenvalue weighted by Crippen LogP contribution is -2.48. The summed E-state index contributed by atoms with van der Waals surface area (Å²) in [6, 6.07) is 16.1. The van der Waals surface area contributed by atoms with Crippen molar-refractivity contribution in [1.29, 1.82) is 0 Å². The minimum atomic E-state index is -0.180. The van der Waals surface area contributed by atoms with E-state index in [1.807, 2.05) is 46.7 Å². The molecule has 1 aliphatic heterocycles. The van der Waals surface area contributed by atoms with Crippen molar-refractivity contribution in [3.63, 3.8) is 0 Å². The molecule has 1 amide bonds. The van der Waals surface area contributed by atoms with E-state index in [0.717, 1.165) is 18.7 Å². The summed E-state index contributed by atoms with van der Waals surface area (Å²) in [5.41, 5.74) is 1.64. The zero-order chi connectivity index (χ0) is 20.9. The van der Waals surface area contributed by atoms with Crippen LogP contribution in [-0.4, -0.2) is 41.9 Å². The molecule has 4 nitrogen and oxygen atoms in total. The molecule has 30 heavy (non-hydrogen) atoms. The van der Waals surface area contributed by atoms with Crippen LogP contribution >= 0.6 is 22.9 Å². The van der Waals surface area contributed by atoms with Gasteiger partial charge >= 0.3 is 0 Å². The number of nitrogens with zero attached hydrogens (tertiary/aromatic N) is 2. The van der Waals surface area contributed by atoms with E-state index in [-0.39, 0.29) is 11.7 Å². The molecule has 1 aliphatic rings. The minimum absolute atomic E-state index is 0.0366. The van der Waals surface area contributed by atoms with Crippen molar-refractivity contribution in [2.24, 2.45) is 0 Å². The topological polar surface area (TPSA) is 32.8 Å². The Labute approximate surface area is 184 Å². The summed E-state index contributed by atoms with van der Waals surface area (Å²) < 4.78 is 19.6. The van der Waals surface area contributed by atoms with Crippen molar-refractivity contribution >= 4 is 28.8 Å². The molecule has 0 spiro atoms. The zero-order valence-electron chi connectivity index (χ0n) is 16.4. The summed E-state index contributed by atoms with van der Waals surface area (Å²) in [5.74, 6) is 0.486. The van der Waals surface area contributed by atoms with Crippen molar-refractivity contribution in [3.05, 3.63) is 86.8 Å². The highest BCUT2D eigenvalue weighted by Gasteiger charge is 2.23. The van der Waals surface area contributed by atoms with Crippen LogP contribution in [0.2, 0.25) is 5.02 Å². The quantitative estimate of drug-likeness (QED) is 0.531. The van der Waals surface area contributed by atoms with Gasteiger partial charge in [-0.05, 0) is 29.6 Å². The van der Waals surface area contributed by atoms with Gasteiger partial charge in [0.05, 0.1) is 9.90 Å². The molecule has 4 rings (SSSR count). The van der Waals surface area contributed by atoms with Gasteiger partial charge in [0.15, 0.2) is 0 Å². The molecule has 1 fully saturated rings. The third kappa shape index (κ3) is 5.01. The van der Waals surface area contributed by atoms with Gasteiger partial charge in [-0.15, -0.1) is 11.3 Å². The first-order chi connectivity index (χ1) is 14.6. The molecular formula is C23H22ClFN2O2S. The van der Waals surface area contributed by atoms with Crippen molar-refractivity contribution in [2.45, 2.75) is 13.2 Å². The molecule has 0 bridgehead atoms. The number of carbonyl (C=O) groups excluding carboxylic acids is 1. The number of halogens is 2. The fourth-order valence-corrected chi connectivity index (χ4v) is 4.47. The average molecular weight is 445 g/mol. The van der Waals surface area contributed by atoms with Crippen LogP contribution in [0.15, 0.2) is 60.0 Å². The van der Waals surface area contributed by atoms with Gasteiger partial charge in [-0.3, -0.25) is 9.69 Å². The third-order valence-electron chi connectivity index (χ3n) is 5.11. The van der Waals surface area contributed by atoms with Crippen molar-refractivity contribution in [1.82, 2.24) is 9.80 Å². The number of piperazine rings is 1. The van der Waals surface area contributed by atoms with Gasteiger partial charge in [0.2, 0.25) is 0 Å². The molecule has 0 unspecified atom stereocenters. The summed E-state index contributed by atoms with van der Waals surface area (Å²) in [4.78, 5) is 17.6. The monoisotopic (exact) mass is 444 g/mol. The molecule has 3 aromatic rings. The van der Waals surface area contributed by atoms with Gasteiger partial charge in [-0.25, -0.2) is 4.39 Å². The summed E-state index contributed by atoms with van der Waals surface area (Å²) >= 11 is 7.54. The van der Waals surface area contributed by atoms with Gasteiger partial charge in [0.1, 0.15) is 18.2 Å². The Balaban J connectivity index is 1.29. The number of para-hydroxylation sites is 1. The van der Waals surface area contributed by atoms with Gasteiger partial charge < -0.3 is 9.64 Å². The van der Waals surface area contributed by atoms with Crippen molar-refractivity contribution < 1.29 is 13.9 Å². The highest BCUT2D eigenvalue weighted by molar-refractivity contribution is 7.12. The number of hydrogen-bond acceptors (Lipinski definition) is 4. The molecule has 0 radical (unpaired) electrons. The Morgan fingerprint density at radius 1 is 1.07 bits per heavy atom. The zero-order valence-corrected chi connectivity index (χ0v) is 18.0. The second-order valence-corrected chi connectivity index (χ2v) is 8.52. The minimum Gasteiger partial charge on any atom is -0.487 e. The smallest absolute Gasteiger partial charge is 0.264 e. The lowest BCUT2D eigenvalue weighted by atomic mass is 10.2. The summed E-state index contributed by atoms with van der Waals surface area (Å²) in [5, 5.41) is 2.51. The number of thiophene rings is 1. The van der Waals surface area contributed by atoms with E-state index >= 15 is 0 Å². The largest absolute Gasteiger partial charge is 0.487 e. The van der Waals surface area contributed by atoms with Crippen LogP contribution in [0.3, 0.4) is 0 Å². The van der Waals surface area contributed by atoms with Crippen molar-refractivity contribution in [3.8, 4) is 5.75 Å². The second-order valence-electron chi connectivity index (χ2n) is 7.20. The molecular weight excluding hydrogens is 423 g/mol. The van der Waals surface area contributed by atoms with Crippen LogP contribution in [0, 0.1) is 5.82 Å². The molecule has 0 aliphatic carbocycles. The fourth-order valence-electron chi connectivity index (χ4n) is 3.42. The SMILES string of the molecule is O=C(c1cc(COc2ccccc2Cl)cs1)N1CCN(Cc2ccccc2F)CC1. The first-order valence-electron chi connectivity index (χ1n) is 9.80. The van der Waals surface area contributed by atoms with E-state index in [9.17, 15) is 9.18 Å². The van der Waals surface area contributed by atoms with Crippen LogP contribution in [0.4, 0.5) is 4.39 Å². The van der Waals surface area contributed by atoms with Crippen LogP contribution in [0.25, 0.3) is 0 Å². The van der Waals surface area contributed by atoms with Gasteiger partial charge in [0, 0.05) is 43.9 Å². The molecule has 2 heterocycles. The summed E-state index contributed by atoms with van der Waals surface area (Å²) in [7, 11) is 0. The van der Waals surface area contributed by atoms with Crippen LogP contribution in [0.1, 0.15) is 20.8 Å². The predicted molar refractivity (Wildman–Crippen MR) is 118 cm³/mol. The fraction of sp³-hybridized carbons (Fsp3) is 0.261. The molecule has 0 atom stereocenters. The van der Waals surface area contributed by atoms with Crippen LogP contribution in [0.5, 0.6) is 5.75 Å². The molecule has 156 valence electrons. The number of carbonyl (C=O) groups is 1. The average Bonchev–Trinajstić information content (AvgIpc) is 3.24. The molecule has 0 saturated carbocycles.